The molecule has 4 nitrogen and oxygen atoms in total. The van der Waals surface area contributed by atoms with Crippen molar-refractivity contribution in [1.82, 2.24) is 10.3 Å². The largest absolute Gasteiger partial charge is 0.490 e. The maximum Gasteiger partial charge on any atom is 0.175 e. The van der Waals surface area contributed by atoms with Gasteiger partial charge >= 0.3 is 0 Å². The highest BCUT2D eigenvalue weighted by molar-refractivity contribution is 9.10. The Morgan fingerprint density at radius 3 is 3.00 bits per heavy atom. The minimum Gasteiger partial charge on any atom is -0.490 e. The molecule has 2 heterocycles. The monoisotopic (exact) mass is 368 g/mol. The third-order valence-electron chi connectivity index (χ3n) is 3.26. The molecule has 0 fully saturated rings. The van der Waals surface area contributed by atoms with E-state index in [2.05, 4.69) is 45.3 Å². The Hall–Kier alpha value is -1.11. The van der Waals surface area contributed by atoms with Crippen molar-refractivity contribution in [2.45, 2.75) is 19.4 Å². The topological polar surface area (TPSA) is 43.4 Å². The second-order valence-corrected chi connectivity index (χ2v) is 6.52. The predicted molar refractivity (Wildman–Crippen MR) is 87.4 cm³/mol. The van der Waals surface area contributed by atoms with Crippen LogP contribution in [0.4, 0.5) is 0 Å². The van der Waals surface area contributed by atoms with Crippen molar-refractivity contribution in [3.63, 3.8) is 0 Å². The smallest absolute Gasteiger partial charge is 0.175 e. The first-order valence-electron chi connectivity index (χ1n) is 7.01. The van der Waals surface area contributed by atoms with Gasteiger partial charge in [0, 0.05) is 18.0 Å². The number of aromatic nitrogens is 1. The van der Waals surface area contributed by atoms with E-state index in [1.54, 1.807) is 11.3 Å². The molecule has 2 aromatic rings. The zero-order chi connectivity index (χ0) is 14.7. The fourth-order valence-corrected chi connectivity index (χ4v) is 3.66. The molecule has 1 N–H and O–H groups in total. The van der Waals surface area contributed by atoms with Gasteiger partial charge in [0.1, 0.15) is 5.01 Å². The van der Waals surface area contributed by atoms with Crippen LogP contribution in [0.25, 0.3) is 0 Å². The maximum atomic E-state index is 5.82. The van der Waals surface area contributed by atoms with Crippen molar-refractivity contribution in [3.8, 4) is 11.5 Å². The highest BCUT2D eigenvalue weighted by atomic mass is 79.9. The summed E-state index contributed by atoms with van der Waals surface area (Å²) in [6.45, 7) is 4.34. The molecular weight excluding hydrogens is 352 g/mol. The average Bonchev–Trinajstić information content (AvgIpc) is 2.89. The molecule has 0 radical (unpaired) electrons. The second kappa shape index (κ2) is 6.77. The summed E-state index contributed by atoms with van der Waals surface area (Å²) in [5.74, 6) is 1.60. The Kier molecular flexibility index (Phi) is 4.77. The van der Waals surface area contributed by atoms with Crippen LogP contribution in [-0.4, -0.2) is 24.7 Å². The molecule has 0 saturated heterocycles. The lowest BCUT2D eigenvalue weighted by Gasteiger charge is -2.18. The summed E-state index contributed by atoms with van der Waals surface area (Å²) in [5, 5.41) is 6.53. The van der Waals surface area contributed by atoms with E-state index in [4.69, 9.17) is 9.47 Å². The number of fused-ring (bicyclic) bond motifs is 1. The molecule has 3 rings (SSSR count). The standard InChI is InChI=1S/C15H17BrN2O2S/c1-2-17-13(15-18-4-7-21-15)10-8-11(16)14-12(9-10)19-5-3-6-20-14/h4,7-9,13,17H,2-3,5-6H2,1H3. The Labute approximate surface area is 136 Å². The van der Waals surface area contributed by atoms with Crippen LogP contribution >= 0.6 is 27.3 Å². The molecular formula is C15H17BrN2O2S. The van der Waals surface area contributed by atoms with Crippen LogP contribution < -0.4 is 14.8 Å². The average molecular weight is 369 g/mol. The number of halogens is 1. The summed E-state index contributed by atoms with van der Waals surface area (Å²) >= 11 is 5.25. The van der Waals surface area contributed by atoms with E-state index in [0.717, 1.165) is 39.5 Å². The van der Waals surface area contributed by atoms with Gasteiger partial charge in [-0.2, -0.15) is 0 Å². The number of rotatable bonds is 4. The predicted octanol–water partition coefficient (Wildman–Crippen LogP) is 3.77. The van der Waals surface area contributed by atoms with Gasteiger partial charge in [-0.05, 0) is 40.2 Å². The highest BCUT2D eigenvalue weighted by Crippen LogP contribution is 2.40. The molecule has 1 aliphatic rings. The lowest BCUT2D eigenvalue weighted by Crippen LogP contribution is -2.22. The van der Waals surface area contributed by atoms with E-state index in [9.17, 15) is 0 Å². The fourth-order valence-electron chi connectivity index (χ4n) is 2.35. The summed E-state index contributed by atoms with van der Waals surface area (Å²) in [5.41, 5.74) is 1.13. The van der Waals surface area contributed by atoms with Crippen molar-refractivity contribution in [3.05, 3.63) is 38.8 Å². The SMILES string of the molecule is CCNC(c1cc(Br)c2c(c1)OCCCO2)c1nccs1. The number of nitrogens with zero attached hydrogens (tertiary/aromatic N) is 1. The van der Waals surface area contributed by atoms with E-state index >= 15 is 0 Å². The lowest BCUT2D eigenvalue weighted by atomic mass is 10.1. The van der Waals surface area contributed by atoms with Crippen LogP contribution in [0, 0.1) is 0 Å². The van der Waals surface area contributed by atoms with E-state index in [1.165, 1.54) is 0 Å². The van der Waals surface area contributed by atoms with Crippen molar-refractivity contribution in [2.75, 3.05) is 19.8 Å². The lowest BCUT2D eigenvalue weighted by molar-refractivity contribution is 0.296. The first kappa shape index (κ1) is 14.8. The maximum absolute atomic E-state index is 5.82. The van der Waals surface area contributed by atoms with Crippen molar-refractivity contribution in [1.29, 1.82) is 0 Å². The Morgan fingerprint density at radius 2 is 2.24 bits per heavy atom. The number of benzene rings is 1. The third kappa shape index (κ3) is 3.22. The second-order valence-electron chi connectivity index (χ2n) is 4.74. The fraction of sp³-hybridized carbons (Fsp3) is 0.400. The van der Waals surface area contributed by atoms with Crippen LogP contribution in [0.15, 0.2) is 28.2 Å². The first-order valence-corrected chi connectivity index (χ1v) is 8.68. The van der Waals surface area contributed by atoms with Crippen LogP contribution in [-0.2, 0) is 0 Å². The zero-order valence-electron chi connectivity index (χ0n) is 11.8. The molecule has 1 aromatic carbocycles. The van der Waals surface area contributed by atoms with Crippen molar-refractivity contribution >= 4 is 27.3 Å². The molecule has 21 heavy (non-hydrogen) atoms. The highest BCUT2D eigenvalue weighted by Gasteiger charge is 2.21. The van der Waals surface area contributed by atoms with Gasteiger partial charge in [-0.15, -0.1) is 11.3 Å². The van der Waals surface area contributed by atoms with Gasteiger partial charge in [0.2, 0.25) is 0 Å². The summed E-state index contributed by atoms with van der Waals surface area (Å²) < 4.78 is 12.5. The minimum atomic E-state index is 0.0726. The molecule has 1 aromatic heterocycles. The minimum absolute atomic E-state index is 0.0726. The van der Waals surface area contributed by atoms with Gasteiger partial charge < -0.3 is 14.8 Å². The Morgan fingerprint density at radius 1 is 1.38 bits per heavy atom. The molecule has 1 unspecified atom stereocenters. The van der Waals surface area contributed by atoms with Gasteiger partial charge in [-0.3, -0.25) is 0 Å². The van der Waals surface area contributed by atoms with Gasteiger partial charge in [0.25, 0.3) is 0 Å². The van der Waals surface area contributed by atoms with E-state index in [1.807, 2.05) is 11.6 Å². The van der Waals surface area contributed by atoms with Gasteiger partial charge in [0.05, 0.1) is 23.7 Å². The van der Waals surface area contributed by atoms with Crippen LogP contribution in [0.2, 0.25) is 0 Å². The molecule has 1 atom stereocenters. The number of hydrogen-bond donors (Lipinski definition) is 1. The van der Waals surface area contributed by atoms with Gasteiger partial charge in [0.15, 0.2) is 11.5 Å². The molecule has 0 spiro atoms. The summed E-state index contributed by atoms with van der Waals surface area (Å²) in [4.78, 5) is 4.44. The van der Waals surface area contributed by atoms with E-state index < -0.39 is 0 Å². The number of thiazole rings is 1. The Bertz CT molecular complexity index is 604. The zero-order valence-corrected chi connectivity index (χ0v) is 14.2. The normalized spacial score (nSPS) is 15.5. The van der Waals surface area contributed by atoms with Crippen LogP contribution in [0.1, 0.15) is 30.0 Å². The van der Waals surface area contributed by atoms with Crippen molar-refractivity contribution < 1.29 is 9.47 Å². The first-order chi connectivity index (χ1) is 10.3. The molecule has 0 bridgehead atoms. The number of nitrogens with one attached hydrogen (secondary N) is 1. The molecule has 0 saturated carbocycles. The van der Waals surface area contributed by atoms with E-state index in [0.29, 0.717) is 13.2 Å². The van der Waals surface area contributed by atoms with Gasteiger partial charge in [-0.1, -0.05) is 6.92 Å². The molecule has 0 aliphatic carbocycles. The third-order valence-corrected chi connectivity index (χ3v) is 4.69. The number of ether oxygens (including phenoxy) is 2. The van der Waals surface area contributed by atoms with Crippen molar-refractivity contribution in [2.24, 2.45) is 0 Å². The molecule has 6 heteroatoms. The Balaban J connectivity index is 2.00. The van der Waals surface area contributed by atoms with Crippen LogP contribution in [0.5, 0.6) is 11.5 Å². The number of hydrogen-bond acceptors (Lipinski definition) is 5. The summed E-state index contributed by atoms with van der Waals surface area (Å²) in [6, 6.07) is 4.21. The summed E-state index contributed by atoms with van der Waals surface area (Å²) in [7, 11) is 0. The van der Waals surface area contributed by atoms with E-state index in [-0.39, 0.29) is 6.04 Å². The van der Waals surface area contributed by atoms with Crippen LogP contribution in [0.3, 0.4) is 0 Å². The molecule has 1 aliphatic heterocycles. The summed E-state index contributed by atoms with van der Waals surface area (Å²) in [6.07, 6.45) is 2.74. The van der Waals surface area contributed by atoms with Gasteiger partial charge in [-0.25, -0.2) is 4.98 Å². The molecule has 112 valence electrons. The quantitative estimate of drug-likeness (QED) is 0.891. The molecule has 0 amide bonds.